The van der Waals surface area contributed by atoms with E-state index in [-0.39, 0.29) is 11.8 Å². The molecule has 15 heavy (non-hydrogen) atoms. The fourth-order valence-electron chi connectivity index (χ4n) is 1.70. The molecule has 0 aliphatic rings. The van der Waals surface area contributed by atoms with Gasteiger partial charge in [-0.15, -0.1) is 6.58 Å². The third-order valence-electron chi connectivity index (χ3n) is 2.25. The van der Waals surface area contributed by atoms with Crippen LogP contribution in [0.25, 0.3) is 0 Å². The van der Waals surface area contributed by atoms with E-state index in [1.165, 1.54) is 0 Å². The largest absolute Gasteiger partial charge is 0.481 e. The molecule has 4 heteroatoms. The average Bonchev–Trinajstić information content (AvgIpc) is 2.01. The molecule has 0 spiro atoms. The molecule has 0 saturated carbocycles. The zero-order valence-corrected chi connectivity index (χ0v) is 9.14. The topological polar surface area (TPSA) is 74.6 Å². The van der Waals surface area contributed by atoms with Crippen molar-refractivity contribution in [3.05, 3.63) is 12.7 Å². The maximum atomic E-state index is 10.8. The Hall–Kier alpha value is -1.32. The number of hydrogen-bond donors (Lipinski definition) is 2. The predicted octanol–water partition coefficient (Wildman–Crippen LogP) is 2.01. The van der Waals surface area contributed by atoms with Crippen molar-refractivity contribution in [3.63, 3.8) is 0 Å². The van der Waals surface area contributed by atoms with Crippen molar-refractivity contribution in [3.8, 4) is 0 Å². The van der Waals surface area contributed by atoms with Gasteiger partial charge in [-0.05, 0) is 24.7 Å². The number of carbonyl (C=O) groups is 2. The molecule has 1 atom stereocenters. The molecule has 0 aromatic carbocycles. The maximum absolute atomic E-state index is 10.8. The number of allylic oxidation sites excluding steroid dienone is 1. The highest BCUT2D eigenvalue weighted by Gasteiger charge is 2.34. The molecule has 2 N–H and O–H groups in total. The minimum absolute atomic E-state index is 0.274. The lowest BCUT2D eigenvalue weighted by molar-refractivity contribution is -0.157. The molecule has 86 valence electrons. The predicted molar refractivity (Wildman–Crippen MR) is 56.5 cm³/mol. The molecule has 0 bridgehead atoms. The van der Waals surface area contributed by atoms with Crippen molar-refractivity contribution < 1.29 is 19.8 Å². The van der Waals surface area contributed by atoms with E-state index < -0.39 is 17.9 Å². The van der Waals surface area contributed by atoms with Gasteiger partial charge in [-0.25, -0.2) is 0 Å². The van der Waals surface area contributed by atoms with E-state index in [4.69, 9.17) is 10.2 Å². The summed E-state index contributed by atoms with van der Waals surface area (Å²) in [5.74, 6) is -3.97. The molecule has 4 nitrogen and oxygen atoms in total. The van der Waals surface area contributed by atoms with Gasteiger partial charge in [0.1, 0.15) is 0 Å². The van der Waals surface area contributed by atoms with Crippen LogP contribution in [0.15, 0.2) is 12.7 Å². The lowest BCUT2D eigenvalue weighted by Gasteiger charge is -2.21. The van der Waals surface area contributed by atoms with Crippen molar-refractivity contribution in [1.82, 2.24) is 0 Å². The maximum Gasteiger partial charge on any atom is 0.318 e. The molecular formula is C11H18O4. The molecule has 0 aliphatic carbocycles. The van der Waals surface area contributed by atoms with Crippen LogP contribution < -0.4 is 0 Å². The fraction of sp³-hybridized carbons (Fsp3) is 0.636. The smallest absolute Gasteiger partial charge is 0.318 e. The summed E-state index contributed by atoms with van der Waals surface area (Å²) in [6.07, 6.45) is 2.57. The van der Waals surface area contributed by atoms with Crippen molar-refractivity contribution in [2.24, 2.45) is 17.8 Å². The van der Waals surface area contributed by atoms with Gasteiger partial charge in [0.2, 0.25) is 0 Å². The van der Waals surface area contributed by atoms with Gasteiger partial charge in [-0.3, -0.25) is 9.59 Å². The van der Waals surface area contributed by atoms with Crippen LogP contribution >= 0.6 is 0 Å². The first-order valence-corrected chi connectivity index (χ1v) is 4.96. The van der Waals surface area contributed by atoms with E-state index in [2.05, 4.69) is 6.58 Å². The molecule has 0 saturated heterocycles. The van der Waals surface area contributed by atoms with Gasteiger partial charge in [0, 0.05) is 0 Å². The van der Waals surface area contributed by atoms with Crippen molar-refractivity contribution in [2.45, 2.75) is 26.7 Å². The van der Waals surface area contributed by atoms with Crippen LogP contribution in [-0.4, -0.2) is 22.2 Å². The summed E-state index contributed by atoms with van der Waals surface area (Å²) in [5.41, 5.74) is 0. The minimum atomic E-state index is -1.33. The van der Waals surface area contributed by atoms with Crippen LogP contribution in [0.5, 0.6) is 0 Å². The summed E-state index contributed by atoms with van der Waals surface area (Å²) in [5, 5.41) is 17.7. The third kappa shape index (κ3) is 4.63. The first-order valence-electron chi connectivity index (χ1n) is 4.96. The van der Waals surface area contributed by atoms with Crippen LogP contribution in [0.1, 0.15) is 26.7 Å². The molecule has 0 heterocycles. The molecule has 0 aromatic rings. The average molecular weight is 214 g/mol. The summed E-state index contributed by atoms with van der Waals surface area (Å²) in [7, 11) is 0. The Balaban J connectivity index is 4.74. The number of carboxylic acids is 2. The monoisotopic (exact) mass is 214 g/mol. The highest BCUT2D eigenvalue weighted by Crippen LogP contribution is 2.25. The van der Waals surface area contributed by atoms with Crippen molar-refractivity contribution in [1.29, 1.82) is 0 Å². The van der Waals surface area contributed by atoms with Crippen LogP contribution in [0.2, 0.25) is 0 Å². The number of rotatable bonds is 7. The van der Waals surface area contributed by atoms with E-state index in [1.54, 1.807) is 6.08 Å². The highest BCUT2D eigenvalue weighted by atomic mass is 16.4. The van der Waals surface area contributed by atoms with Crippen molar-refractivity contribution in [2.75, 3.05) is 0 Å². The quantitative estimate of drug-likeness (QED) is 0.502. The van der Waals surface area contributed by atoms with E-state index in [1.807, 2.05) is 13.8 Å². The van der Waals surface area contributed by atoms with Crippen molar-refractivity contribution >= 4 is 11.9 Å². The van der Waals surface area contributed by atoms with Gasteiger partial charge >= 0.3 is 11.9 Å². The summed E-state index contributed by atoms with van der Waals surface area (Å²) in [4.78, 5) is 21.6. The number of hydrogen-bond acceptors (Lipinski definition) is 2. The Bertz CT molecular complexity index is 231. The van der Waals surface area contributed by atoms with Gasteiger partial charge in [0.15, 0.2) is 5.92 Å². The Kier molecular flexibility index (Phi) is 5.67. The van der Waals surface area contributed by atoms with Crippen LogP contribution in [-0.2, 0) is 9.59 Å². The molecule has 1 unspecified atom stereocenters. The van der Waals surface area contributed by atoms with Gasteiger partial charge in [0.25, 0.3) is 0 Å². The Labute approximate surface area is 89.6 Å². The van der Waals surface area contributed by atoms with Crippen LogP contribution in [0.4, 0.5) is 0 Å². The SMILES string of the molecule is C=CCC(CC(C)C)C(C(=O)O)C(=O)O. The number of carboxylic acid groups (broad SMARTS) is 2. The lowest BCUT2D eigenvalue weighted by Crippen LogP contribution is -2.31. The first kappa shape index (κ1) is 13.7. The molecule has 0 aromatic heterocycles. The van der Waals surface area contributed by atoms with Gasteiger partial charge in [0.05, 0.1) is 0 Å². The molecule has 0 radical (unpaired) electrons. The van der Waals surface area contributed by atoms with Gasteiger partial charge < -0.3 is 10.2 Å². The summed E-state index contributed by atoms with van der Waals surface area (Å²) < 4.78 is 0. The summed E-state index contributed by atoms with van der Waals surface area (Å²) in [6.45, 7) is 7.41. The highest BCUT2D eigenvalue weighted by molar-refractivity contribution is 5.93. The van der Waals surface area contributed by atoms with Crippen LogP contribution in [0, 0.1) is 17.8 Å². The van der Waals surface area contributed by atoms with E-state index in [0.717, 1.165) is 0 Å². The third-order valence-corrected chi connectivity index (χ3v) is 2.25. The number of aliphatic carboxylic acids is 2. The van der Waals surface area contributed by atoms with Gasteiger partial charge in [-0.1, -0.05) is 19.9 Å². The van der Waals surface area contributed by atoms with Crippen LogP contribution in [0.3, 0.4) is 0 Å². The fourth-order valence-corrected chi connectivity index (χ4v) is 1.70. The Morgan fingerprint density at radius 1 is 1.27 bits per heavy atom. The standard InChI is InChI=1S/C11H18O4/c1-4-5-8(6-7(2)3)9(10(12)13)11(14)15/h4,7-9H,1,5-6H2,2-3H3,(H,12,13)(H,14,15). The molecule has 0 aliphatic heterocycles. The Morgan fingerprint density at radius 2 is 1.73 bits per heavy atom. The van der Waals surface area contributed by atoms with E-state index >= 15 is 0 Å². The minimum Gasteiger partial charge on any atom is -0.481 e. The second-order valence-electron chi connectivity index (χ2n) is 4.07. The first-order chi connectivity index (χ1) is 6.90. The van der Waals surface area contributed by atoms with E-state index in [0.29, 0.717) is 12.8 Å². The lowest BCUT2D eigenvalue weighted by atomic mass is 9.83. The second-order valence-corrected chi connectivity index (χ2v) is 4.07. The molecule has 0 rings (SSSR count). The van der Waals surface area contributed by atoms with Gasteiger partial charge in [-0.2, -0.15) is 0 Å². The van der Waals surface area contributed by atoms with E-state index in [9.17, 15) is 9.59 Å². The molecule has 0 fully saturated rings. The summed E-state index contributed by atoms with van der Waals surface area (Å²) >= 11 is 0. The molecular weight excluding hydrogens is 196 g/mol. The zero-order valence-electron chi connectivity index (χ0n) is 9.14. The Morgan fingerprint density at radius 3 is 2.00 bits per heavy atom. The second kappa shape index (κ2) is 6.22. The molecule has 0 amide bonds. The summed E-state index contributed by atoms with van der Waals surface area (Å²) in [6, 6.07) is 0. The normalized spacial score (nSPS) is 12.8. The zero-order chi connectivity index (χ0) is 12.0.